The van der Waals surface area contributed by atoms with Crippen molar-refractivity contribution in [1.29, 1.82) is 0 Å². The van der Waals surface area contributed by atoms with Crippen molar-refractivity contribution in [3.63, 3.8) is 0 Å². The summed E-state index contributed by atoms with van der Waals surface area (Å²) < 4.78 is 4.76. The van der Waals surface area contributed by atoms with Gasteiger partial charge in [-0.2, -0.15) is 0 Å². The Morgan fingerprint density at radius 2 is 1.68 bits per heavy atom. The van der Waals surface area contributed by atoms with Crippen molar-refractivity contribution < 1.29 is 9.53 Å². The van der Waals surface area contributed by atoms with Gasteiger partial charge < -0.3 is 10.1 Å². The van der Waals surface area contributed by atoms with E-state index in [4.69, 9.17) is 4.74 Å². The molecule has 2 aromatic rings. The van der Waals surface area contributed by atoms with E-state index in [-0.39, 0.29) is 12.0 Å². The number of esters is 1. The lowest BCUT2D eigenvalue weighted by atomic mass is 9.99. The fourth-order valence-corrected chi connectivity index (χ4v) is 2.54. The molecule has 0 saturated carbocycles. The van der Waals surface area contributed by atoms with E-state index in [1.54, 1.807) is 0 Å². The Kier molecular flexibility index (Phi) is 6.16. The number of hydrogen-bond acceptors (Lipinski definition) is 3. The quantitative estimate of drug-likeness (QED) is 0.796. The number of carbonyl (C=O) groups excluding carboxylic acids is 1. The molecule has 0 aliphatic rings. The highest BCUT2D eigenvalue weighted by molar-refractivity contribution is 5.70. The molecule has 0 saturated heterocycles. The summed E-state index contributed by atoms with van der Waals surface area (Å²) >= 11 is 0. The molecule has 1 N–H and O–H groups in total. The van der Waals surface area contributed by atoms with Crippen molar-refractivity contribution >= 4 is 5.97 Å². The highest BCUT2D eigenvalue weighted by atomic mass is 16.5. The van der Waals surface area contributed by atoms with Crippen LogP contribution in [-0.4, -0.2) is 25.7 Å². The third-order valence-electron chi connectivity index (χ3n) is 3.68. The monoisotopic (exact) mass is 297 g/mol. The average Bonchev–Trinajstić information content (AvgIpc) is 2.56. The molecule has 22 heavy (non-hydrogen) atoms. The molecule has 3 nitrogen and oxygen atoms in total. The van der Waals surface area contributed by atoms with Gasteiger partial charge in [-0.25, -0.2) is 0 Å². The van der Waals surface area contributed by atoms with Gasteiger partial charge in [0, 0.05) is 6.04 Å². The Morgan fingerprint density at radius 3 is 2.27 bits per heavy atom. The van der Waals surface area contributed by atoms with Gasteiger partial charge >= 0.3 is 5.97 Å². The molecule has 0 bridgehead atoms. The predicted octanol–water partition coefficient (Wildman–Crippen LogP) is 3.44. The third kappa shape index (κ3) is 4.71. The number of methoxy groups -OCH3 is 1. The summed E-state index contributed by atoms with van der Waals surface area (Å²) in [6.07, 6.45) is 1.21. The molecular weight excluding hydrogens is 274 g/mol. The van der Waals surface area contributed by atoms with Gasteiger partial charge in [-0.3, -0.25) is 4.79 Å². The Hall–Kier alpha value is -2.13. The van der Waals surface area contributed by atoms with Crippen LogP contribution in [-0.2, 0) is 16.0 Å². The van der Waals surface area contributed by atoms with Crippen molar-refractivity contribution in [2.24, 2.45) is 0 Å². The summed E-state index contributed by atoms with van der Waals surface area (Å²) in [5, 5.41) is 3.34. The average molecular weight is 297 g/mol. The van der Waals surface area contributed by atoms with Gasteiger partial charge in [0.15, 0.2) is 0 Å². The number of carbonyl (C=O) groups is 1. The summed E-state index contributed by atoms with van der Waals surface area (Å²) in [5.74, 6) is -0.174. The van der Waals surface area contributed by atoms with Gasteiger partial charge in [0.1, 0.15) is 0 Å². The van der Waals surface area contributed by atoms with E-state index in [2.05, 4.69) is 41.7 Å². The second kappa shape index (κ2) is 8.35. The zero-order chi connectivity index (χ0) is 15.8. The molecule has 0 aromatic heterocycles. The van der Waals surface area contributed by atoms with Crippen LogP contribution in [0.15, 0.2) is 54.6 Å². The molecule has 0 aliphatic heterocycles. The molecule has 3 heteroatoms. The first kappa shape index (κ1) is 16.2. The molecule has 0 amide bonds. The van der Waals surface area contributed by atoms with Gasteiger partial charge in [-0.1, -0.05) is 61.5 Å². The van der Waals surface area contributed by atoms with Crippen LogP contribution in [0.3, 0.4) is 0 Å². The van der Waals surface area contributed by atoms with Gasteiger partial charge in [0.25, 0.3) is 0 Å². The third-order valence-corrected chi connectivity index (χ3v) is 3.68. The van der Waals surface area contributed by atoms with Crippen LogP contribution in [0.2, 0.25) is 0 Å². The second-order valence-electron chi connectivity index (χ2n) is 5.30. The van der Waals surface area contributed by atoms with E-state index in [0.29, 0.717) is 6.42 Å². The van der Waals surface area contributed by atoms with E-state index in [9.17, 15) is 4.79 Å². The molecule has 0 radical (unpaired) electrons. The van der Waals surface area contributed by atoms with Crippen LogP contribution >= 0.6 is 0 Å². The van der Waals surface area contributed by atoms with Crippen LogP contribution in [0, 0.1) is 0 Å². The minimum absolute atomic E-state index is 0.111. The lowest BCUT2D eigenvalue weighted by molar-refractivity contribution is -0.141. The number of hydrogen-bond donors (Lipinski definition) is 1. The number of rotatable bonds is 7. The molecule has 0 aliphatic carbocycles. The van der Waals surface area contributed by atoms with E-state index >= 15 is 0 Å². The normalized spacial score (nSPS) is 11.9. The topological polar surface area (TPSA) is 38.3 Å². The fraction of sp³-hybridized carbons (Fsp3) is 0.316. The maximum absolute atomic E-state index is 11.5. The first-order valence-electron chi connectivity index (χ1n) is 7.67. The highest BCUT2D eigenvalue weighted by Gasteiger charge is 2.13. The summed E-state index contributed by atoms with van der Waals surface area (Å²) in [6, 6.07) is 18.9. The zero-order valence-corrected chi connectivity index (χ0v) is 13.2. The van der Waals surface area contributed by atoms with Gasteiger partial charge in [0.05, 0.1) is 13.5 Å². The number of nitrogens with one attached hydrogen (secondary N) is 1. The van der Waals surface area contributed by atoms with Crippen molar-refractivity contribution in [2.75, 3.05) is 13.7 Å². The van der Waals surface area contributed by atoms with E-state index in [0.717, 1.165) is 13.0 Å². The number of likely N-dealkylation sites (N-methyl/N-ethyl adjacent to an activating group) is 1. The zero-order valence-electron chi connectivity index (χ0n) is 13.2. The first-order valence-corrected chi connectivity index (χ1v) is 7.67. The molecule has 2 rings (SSSR count). The van der Waals surface area contributed by atoms with Gasteiger partial charge in [0.2, 0.25) is 0 Å². The van der Waals surface area contributed by atoms with Crippen molar-refractivity contribution in [2.45, 2.75) is 25.8 Å². The molecular formula is C19H23NO2. The lowest BCUT2D eigenvalue weighted by Gasteiger charge is -2.17. The molecule has 116 valence electrons. The van der Waals surface area contributed by atoms with Crippen molar-refractivity contribution in [3.05, 3.63) is 60.2 Å². The Labute approximate surface area is 132 Å². The first-order chi connectivity index (χ1) is 10.7. The fourth-order valence-electron chi connectivity index (χ4n) is 2.54. The molecule has 0 fully saturated rings. The van der Waals surface area contributed by atoms with Crippen molar-refractivity contribution in [1.82, 2.24) is 5.32 Å². The smallest absolute Gasteiger partial charge is 0.307 e. The summed E-state index contributed by atoms with van der Waals surface area (Å²) in [4.78, 5) is 11.5. The van der Waals surface area contributed by atoms with Gasteiger partial charge in [-0.05, 0) is 29.7 Å². The Bertz CT molecular complexity index is 578. The van der Waals surface area contributed by atoms with Gasteiger partial charge in [-0.15, -0.1) is 0 Å². The maximum atomic E-state index is 11.5. The highest BCUT2D eigenvalue weighted by Crippen LogP contribution is 2.20. The molecule has 0 heterocycles. The number of ether oxygens (including phenoxy) is 1. The molecule has 0 spiro atoms. The molecule has 1 unspecified atom stereocenters. The lowest BCUT2D eigenvalue weighted by Crippen LogP contribution is -2.33. The maximum Gasteiger partial charge on any atom is 0.307 e. The van der Waals surface area contributed by atoms with E-state index in [1.807, 2.05) is 25.1 Å². The SMILES string of the molecule is CCNC(CC(=O)OC)Cc1ccc(-c2ccccc2)cc1. The van der Waals surface area contributed by atoms with E-state index in [1.165, 1.54) is 23.8 Å². The van der Waals surface area contributed by atoms with Crippen LogP contribution in [0.4, 0.5) is 0 Å². The molecule has 1 atom stereocenters. The standard InChI is InChI=1S/C19H23NO2/c1-3-20-18(14-19(21)22-2)13-15-9-11-17(12-10-15)16-7-5-4-6-8-16/h4-12,18,20H,3,13-14H2,1-2H3. The molecule has 2 aromatic carbocycles. The largest absolute Gasteiger partial charge is 0.469 e. The second-order valence-corrected chi connectivity index (χ2v) is 5.30. The minimum Gasteiger partial charge on any atom is -0.469 e. The predicted molar refractivity (Wildman–Crippen MR) is 89.7 cm³/mol. The Balaban J connectivity index is 2.04. The van der Waals surface area contributed by atoms with Crippen LogP contribution in [0.25, 0.3) is 11.1 Å². The van der Waals surface area contributed by atoms with Crippen LogP contribution in [0.1, 0.15) is 18.9 Å². The van der Waals surface area contributed by atoms with Crippen LogP contribution < -0.4 is 5.32 Å². The number of benzene rings is 2. The van der Waals surface area contributed by atoms with Crippen LogP contribution in [0.5, 0.6) is 0 Å². The summed E-state index contributed by atoms with van der Waals surface area (Å²) in [7, 11) is 1.43. The van der Waals surface area contributed by atoms with E-state index < -0.39 is 0 Å². The van der Waals surface area contributed by atoms with Crippen molar-refractivity contribution in [3.8, 4) is 11.1 Å². The Morgan fingerprint density at radius 1 is 1.05 bits per heavy atom. The summed E-state index contributed by atoms with van der Waals surface area (Å²) in [5.41, 5.74) is 3.64. The summed E-state index contributed by atoms with van der Waals surface area (Å²) in [6.45, 7) is 2.88. The minimum atomic E-state index is -0.174.